The first kappa shape index (κ1) is 16.3. The highest BCUT2D eigenvalue weighted by atomic mass is 16.3. The predicted molar refractivity (Wildman–Crippen MR) is 88.5 cm³/mol. The van der Waals surface area contributed by atoms with E-state index >= 15 is 0 Å². The minimum Gasteiger partial charge on any atom is -0.393 e. The first-order valence-corrected chi connectivity index (χ1v) is 9.59. The van der Waals surface area contributed by atoms with Crippen molar-refractivity contribution in [1.29, 1.82) is 0 Å². The molecule has 0 spiro atoms. The van der Waals surface area contributed by atoms with Gasteiger partial charge in [0, 0.05) is 6.04 Å². The quantitative estimate of drug-likeness (QED) is 0.546. The van der Waals surface area contributed by atoms with Gasteiger partial charge in [-0.2, -0.15) is 0 Å². The molecule has 0 aromatic heterocycles. The largest absolute Gasteiger partial charge is 0.393 e. The van der Waals surface area contributed by atoms with E-state index in [1.54, 1.807) is 0 Å². The Labute approximate surface area is 139 Å². The first-order chi connectivity index (χ1) is 10.8. The van der Waals surface area contributed by atoms with Crippen LogP contribution in [0.4, 0.5) is 0 Å². The Morgan fingerprint density at radius 1 is 0.783 bits per heavy atom. The molecule has 4 saturated carbocycles. The van der Waals surface area contributed by atoms with Gasteiger partial charge >= 0.3 is 0 Å². The van der Waals surface area contributed by atoms with Crippen LogP contribution in [0.25, 0.3) is 0 Å². The second-order valence-electron chi connectivity index (χ2n) is 9.56. The number of hydrogen-bond acceptors (Lipinski definition) is 4. The lowest BCUT2D eigenvalue weighted by Gasteiger charge is -2.63. The van der Waals surface area contributed by atoms with E-state index in [-0.39, 0.29) is 34.8 Å². The van der Waals surface area contributed by atoms with Gasteiger partial charge in [-0.15, -0.1) is 0 Å². The number of nitrogens with two attached hydrogens (primary N) is 1. The second kappa shape index (κ2) is 5.17. The molecule has 4 heteroatoms. The van der Waals surface area contributed by atoms with Gasteiger partial charge in [0.1, 0.15) is 0 Å². The molecule has 4 rings (SSSR count). The molecule has 0 radical (unpaired) electrons. The van der Waals surface area contributed by atoms with E-state index in [1.807, 2.05) is 0 Å². The SMILES string of the molecule is C[C@]12CC[C@@H](N)CC1[C@@H](O)[C@H](O)C1C2CC[C@@]2(C)C1CC[C@@H]2O. The second-order valence-corrected chi connectivity index (χ2v) is 9.56. The smallest absolute Gasteiger partial charge is 0.0836 e. The monoisotopic (exact) mass is 323 g/mol. The molecular formula is C19H33NO3. The van der Waals surface area contributed by atoms with Crippen LogP contribution in [0.3, 0.4) is 0 Å². The zero-order chi connectivity index (χ0) is 16.6. The van der Waals surface area contributed by atoms with E-state index in [4.69, 9.17) is 5.73 Å². The average molecular weight is 323 g/mol. The summed E-state index contributed by atoms with van der Waals surface area (Å²) in [6.07, 6.45) is 5.33. The van der Waals surface area contributed by atoms with E-state index in [0.717, 1.165) is 44.9 Å². The molecule has 0 aliphatic heterocycles. The van der Waals surface area contributed by atoms with E-state index in [2.05, 4.69) is 13.8 Å². The van der Waals surface area contributed by atoms with Crippen LogP contribution in [0.1, 0.15) is 58.8 Å². The molecule has 4 unspecified atom stereocenters. The van der Waals surface area contributed by atoms with Crippen LogP contribution in [-0.2, 0) is 0 Å². The summed E-state index contributed by atoms with van der Waals surface area (Å²) >= 11 is 0. The standard InChI is InChI=1S/C19H33NO3/c1-18-7-5-10(20)9-13(18)16(22)17(23)15-11-3-4-14(21)19(11,2)8-6-12(15)18/h10-17,21-23H,3-9,20H2,1-2H3/t10-,11?,12?,13?,14+,15?,16-,17-,18-,19+/m1/s1. The maximum absolute atomic E-state index is 11.0. The maximum Gasteiger partial charge on any atom is 0.0836 e. The Morgan fingerprint density at radius 2 is 1.43 bits per heavy atom. The van der Waals surface area contributed by atoms with Crippen LogP contribution in [0.15, 0.2) is 0 Å². The highest BCUT2D eigenvalue weighted by Gasteiger charge is 2.64. The third kappa shape index (κ3) is 2.04. The Kier molecular flexibility index (Phi) is 3.67. The molecule has 132 valence electrons. The highest BCUT2D eigenvalue weighted by molar-refractivity contribution is 5.14. The summed E-state index contributed by atoms with van der Waals surface area (Å²) in [5.74, 6) is 1.06. The van der Waals surface area contributed by atoms with Gasteiger partial charge in [0.05, 0.1) is 18.3 Å². The van der Waals surface area contributed by atoms with Crippen LogP contribution in [0.5, 0.6) is 0 Å². The first-order valence-electron chi connectivity index (χ1n) is 9.59. The fourth-order valence-electron chi connectivity index (χ4n) is 7.26. The van der Waals surface area contributed by atoms with E-state index < -0.39 is 12.2 Å². The summed E-state index contributed by atoms with van der Waals surface area (Å²) in [5.41, 5.74) is 6.19. The van der Waals surface area contributed by atoms with Gasteiger partial charge in [0.15, 0.2) is 0 Å². The lowest BCUT2D eigenvalue weighted by Crippen LogP contribution is -2.64. The summed E-state index contributed by atoms with van der Waals surface area (Å²) in [7, 11) is 0. The van der Waals surface area contributed by atoms with Crippen LogP contribution in [0.2, 0.25) is 0 Å². The fraction of sp³-hybridized carbons (Fsp3) is 1.00. The van der Waals surface area contributed by atoms with Crippen LogP contribution in [0, 0.1) is 34.5 Å². The molecule has 0 heterocycles. The molecule has 0 bridgehead atoms. The Bertz CT molecular complexity index is 485. The summed E-state index contributed by atoms with van der Waals surface area (Å²) in [5, 5.41) is 32.4. The van der Waals surface area contributed by atoms with E-state index in [0.29, 0.717) is 11.8 Å². The van der Waals surface area contributed by atoms with Crippen molar-refractivity contribution in [3.05, 3.63) is 0 Å². The zero-order valence-corrected chi connectivity index (χ0v) is 14.5. The van der Waals surface area contributed by atoms with Crippen molar-refractivity contribution in [3.63, 3.8) is 0 Å². The average Bonchev–Trinajstić information content (AvgIpc) is 2.82. The van der Waals surface area contributed by atoms with E-state index in [1.165, 1.54) is 0 Å². The molecule has 4 fully saturated rings. The van der Waals surface area contributed by atoms with Crippen molar-refractivity contribution in [2.75, 3.05) is 0 Å². The number of rotatable bonds is 0. The predicted octanol–water partition coefficient (Wildman–Crippen LogP) is 1.66. The van der Waals surface area contributed by atoms with Crippen molar-refractivity contribution in [3.8, 4) is 0 Å². The number of aliphatic hydroxyl groups excluding tert-OH is 3. The molecule has 10 atom stereocenters. The lowest BCUT2D eigenvalue weighted by molar-refractivity contribution is -0.217. The summed E-state index contributed by atoms with van der Waals surface area (Å²) < 4.78 is 0. The van der Waals surface area contributed by atoms with Crippen LogP contribution < -0.4 is 5.73 Å². The molecular weight excluding hydrogens is 290 g/mol. The molecule has 4 nitrogen and oxygen atoms in total. The van der Waals surface area contributed by atoms with Crippen LogP contribution >= 0.6 is 0 Å². The van der Waals surface area contributed by atoms with Crippen molar-refractivity contribution in [1.82, 2.24) is 0 Å². The Morgan fingerprint density at radius 3 is 2.17 bits per heavy atom. The van der Waals surface area contributed by atoms with Gasteiger partial charge in [-0.1, -0.05) is 13.8 Å². The number of aliphatic hydroxyl groups is 3. The number of fused-ring (bicyclic) bond motifs is 5. The van der Waals surface area contributed by atoms with Crippen molar-refractivity contribution >= 4 is 0 Å². The minimum absolute atomic E-state index is 0.0733. The summed E-state index contributed by atoms with van der Waals surface area (Å²) in [6.45, 7) is 4.54. The third-order valence-corrected chi connectivity index (χ3v) is 8.74. The summed E-state index contributed by atoms with van der Waals surface area (Å²) in [4.78, 5) is 0. The molecule has 4 aliphatic carbocycles. The van der Waals surface area contributed by atoms with Crippen LogP contribution in [-0.4, -0.2) is 39.7 Å². The lowest BCUT2D eigenvalue weighted by atomic mass is 9.43. The Balaban J connectivity index is 1.72. The topological polar surface area (TPSA) is 86.7 Å². The molecule has 0 saturated heterocycles. The van der Waals surface area contributed by atoms with Gasteiger partial charge < -0.3 is 21.1 Å². The normalized spacial score (nSPS) is 62.3. The third-order valence-electron chi connectivity index (χ3n) is 8.74. The van der Waals surface area contributed by atoms with Crippen molar-refractivity contribution in [2.24, 2.45) is 40.2 Å². The Hall–Kier alpha value is -0.160. The van der Waals surface area contributed by atoms with Gasteiger partial charge in [0.2, 0.25) is 0 Å². The summed E-state index contributed by atoms with van der Waals surface area (Å²) in [6, 6.07) is 0.161. The number of hydrogen-bond donors (Lipinski definition) is 4. The van der Waals surface area contributed by atoms with Gasteiger partial charge in [-0.25, -0.2) is 0 Å². The molecule has 23 heavy (non-hydrogen) atoms. The highest BCUT2D eigenvalue weighted by Crippen LogP contribution is 2.66. The zero-order valence-electron chi connectivity index (χ0n) is 14.5. The molecule has 4 aliphatic rings. The maximum atomic E-state index is 11.0. The van der Waals surface area contributed by atoms with Gasteiger partial charge in [-0.05, 0) is 79.4 Å². The molecule has 0 aromatic carbocycles. The molecule has 0 amide bonds. The molecule has 0 aromatic rings. The van der Waals surface area contributed by atoms with Gasteiger partial charge in [-0.3, -0.25) is 0 Å². The van der Waals surface area contributed by atoms with Gasteiger partial charge in [0.25, 0.3) is 0 Å². The minimum atomic E-state index is -0.660. The van der Waals surface area contributed by atoms with Crippen molar-refractivity contribution < 1.29 is 15.3 Å². The van der Waals surface area contributed by atoms with E-state index in [9.17, 15) is 15.3 Å². The van der Waals surface area contributed by atoms with Crippen molar-refractivity contribution in [2.45, 2.75) is 83.1 Å². The molecule has 5 N–H and O–H groups in total. The fourth-order valence-corrected chi connectivity index (χ4v) is 7.26.